The molecule has 0 fully saturated rings. The molecule has 1 aromatic heterocycles. The molecule has 1 heterocycles. The van der Waals surface area contributed by atoms with Gasteiger partial charge in [0.25, 0.3) is 0 Å². The molecular weight excluding hydrogens is 366 g/mol. The Kier molecular flexibility index (Phi) is 6.94. The first-order valence-electron chi connectivity index (χ1n) is 9.90. The molecule has 0 aliphatic carbocycles. The lowest BCUT2D eigenvalue weighted by atomic mass is 10.1. The Morgan fingerprint density at radius 2 is 1.79 bits per heavy atom. The van der Waals surface area contributed by atoms with Crippen molar-refractivity contribution in [3.8, 4) is 17.1 Å². The van der Waals surface area contributed by atoms with Gasteiger partial charge in [0.1, 0.15) is 5.75 Å². The Bertz CT molecular complexity index is 906. The fraction of sp³-hybridized carbons (Fsp3) is 0.364. The number of hydrogen-bond donors (Lipinski definition) is 1. The Hall–Kier alpha value is -3.22. The summed E-state index contributed by atoms with van der Waals surface area (Å²) in [7, 11) is 0. The molecule has 29 heavy (non-hydrogen) atoms. The lowest BCUT2D eigenvalue weighted by molar-refractivity contribution is -0.121. The zero-order valence-corrected chi connectivity index (χ0v) is 17.1. The van der Waals surface area contributed by atoms with Crippen molar-refractivity contribution < 1.29 is 9.53 Å². The second-order valence-electron chi connectivity index (χ2n) is 7.20. The smallest absolute Gasteiger partial charge is 0.220 e. The predicted octanol–water partition coefficient (Wildman–Crippen LogP) is 3.78. The van der Waals surface area contributed by atoms with E-state index < -0.39 is 0 Å². The monoisotopic (exact) mass is 393 g/mol. The highest BCUT2D eigenvalue weighted by Gasteiger charge is 2.11. The highest BCUT2D eigenvalue weighted by molar-refractivity contribution is 5.76. The van der Waals surface area contributed by atoms with Crippen molar-refractivity contribution in [3.05, 3.63) is 60.2 Å². The van der Waals surface area contributed by atoms with E-state index in [4.69, 9.17) is 4.74 Å². The molecule has 0 bridgehead atoms. The molecule has 1 unspecified atom stereocenters. The normalized spacial score (nSPS) is 12.0. The zero-order valence-electron chi connectivity index (χ0n) is 17.1. The zero-order chi connectivity index (χ0) is 20.6. The van der Waals surface area contributed by atoms with E-state index >= 15 is 0 Å². The molecule has 3 rings (SSSR count). The Balaban J connectivity index is 1.43. The second-order valence-corrected chi connectivity index (χ2v) is 7.20. The van der Waals surface area contributed by atoms with Crippen LogP contribution in [0, 0.1) is 0 Å². The van der Waals surface area contributed by atoms with Gasteiger partial charge in [-0.2, -0.15) is 4.80 Å². The maximum absolute atomic E-state index is 12.3. The van der Waals surface area contributed by atoms with Crippen LogP contribution in [0.5, 0.6) is 5.75 Å². The van der Waals surface area contributed by atoms with Gasteiger partial charge in [-0.15, -0.1) is 10.2 Å². The molecular formula is C22H27N5O2. The summed E-state index contributed by atoms with van der Waals surface area (Å²) in [5.74, 6) is 1.43. The van der Waals surface area contributed by atoms with Crippen LogP contribution in [0.25, 0.3) is 11.4 Å². The van der Waals surface area contributed by atoms with Gasteiger partial charge in [0.15, 0.2) is 0 Å². The van der Waals surface area contributed by atoms with Crippen molar-refractivity contribution in [2.45, 2.75) is 52.3 Å². The molecule has 0 radical (unpaired) electrons. The number of ether oxygens (including phenoxy) is 1. The van der Waals surface area contributed by atoms with Crippen molar-refractivity contribution in [1.82, 2.24) is 25.5 Å². The van der Waals surface area contributed by atoms with Crippen LogP contribution in [0.4, 0.5) is 0 Å². The fourth-order valence-electron chi connectivity index (χ4n) is 2.93. The van der Waals surface area contributed by atoms with Crippen LogP contribution < -0.4 is 10.1 Å². The van der Waals surface area contributed by atoms with Crippen molar-refractivity contribution in [2.75, 3.05) is 0 Å². The maximum atomic E-state index is 12.3. The van der Waals surface area contributed by atoms with E-state index in [0.717, 1.165) is 16.9 Å². The van der Waals surface area contributed by atoms with Crippen molar-refractivity contribution in [1.29, 1.82) is 0 Å². The van der Waals surface area contributed by atoms with Crippen molar-refractivity contribution in [3.63, 3.8) is 0 Å². The minimum absolute atomic E-state index is 0.00315. The fourth-order valence-corrected chi connectivity index (χ4v) is 2.93. The van der Waals surface area contributed by atoms with E-state index in [1.807, 2.05) is 75.4 Å². The lowest BCUT2D eigenvalue weighted by Crippen LogP contribution is -2.26. The van der Waals surface area contributed by atoms with Crippen LogP contribution in [0.15, 0.2) is 54.6 Å². The number of rotatable bonds is 9. The summed E-state index contributed by atoms with van der Waals surface area (Å²) in [4.78, 5) is 13.8. The van der Waals surface area contributed by atoms with E-state index in [-0.39, 0.29) is 18.1 Å². The van der Waals surface area contributed by atoms with Crippen LogP contribution in [0.2, 0.25) is 0 Å². The van der Waals surface area contributed by atoms with E-state index in [9.17, 15) is 4.79 Å². The van der Waals surface area contributed by atoms with E-state index in [1.165, 1.54) is 4.80 Å². The summed E-state index contributed by atoms with van der Waals surface area (Å²) in [5.41, 5.74) is 1.97. The molecule has 0 aliphatic heterocycles. The number of hydrogen-bond acceptors (Lipinski definition) is 5. The number of aromatic nitrogens is 4. The molecule has 1 atom stereocenters. The number of carbonyl (C=O) groups excluding carboxylic acids is 1. The number of aryl methyl sites for hydroxylation is 1. The van der Waals surface area contributed by atoms with Gasteiger partial charge in [0, 0.05) is 12.0 Å². The first-order chi connectivity index (χ1) is 14.0. The van der Waals surface area contributed by atoms with Crippen LogP contribution in [0.1, 0.15) is 45.2 Å². The molecule has 1 amide bonds. The Morgan fingerprint density at radius 3 is 2.48 bits per heavy atom. The number of nitrogens with one attached hydrogen (secondary N) is 1. The summed E-state index contributed by atoms with van der Waals surface area (Å²) in [6.07, 6.45) is 1.19. The largest absolute Gasteiger partial charge is 0.491 e. The molecule has 1 N–H and O–H groups in total. The predicted molar refractivity (Wildman–Crippen MR) is 111 cm³/mol. The van der Waals surface area contributed by atoms with Gasteiger partial charge in [-0.3, -0.25) is 4.79 Å². The highest BCUT2D eigenvalue weighted by Crippen LogP contribution is 2.19. The third-order valence-corrected chi connectivity index (χ3v) is 4.38. The number of benzene rings is 2. The Labute approximate surface area is 171 Å². The van der Waals surface area contributed by atoms with Gasteiger partial charge in [0.2, 0.25) is 11.7 Å². The molecule has 0 saturated carbocycles. The lowest BCUT2D eigenvalue weighted by Gasteiger charge is -2.15. The standard InChI is InChI=1S/C22H27N5O2/c1-16(2)29-20-13-11-18(12-14-20)17(3)23-21(28)10-7-15-27-25-22(24-26-27)19-8-5-4-6-9-19/h4-6,8-9,11-14,16-17H,7,10,15H2,1-3H3,(H,23,28). The van der Waals surface area contributed by atoms with Crippen LogP contribution >= 0.6 is 0 Å². The average molecular weight is 393 g/mol. The minimum atomic E-state index is -0.0650. The minimum Gasteiger partial charge on any atom is -0.491 e. The number of nitrogens with zero attached hydrogens (tertiary/aromatic N) is 4. The average Bonchev–Trinajstić information content (AvgIpc) is 3.17. The topological polar surface area (TPSA) is 81.9 Å². The summed E-state index contributed by atoms with van der Waals surface area (Å²) in [6, 6.07) is 17.5. The van der Waals surface area contributed by atoms with E-state index in [0.29, 0.717) is 25.2 Å². The molecule has 2 aromatic carbocycles. The number of carbonyl (C=O) groups is 1. The SMILES string of the molecule is CC(C)Oc1ccc(C(C)NC(=O)CCCn2nnc(-c3ccccc3)n2)cc1. The molecule has 7 heteroatoms. The molecule has 152 valence electrons. The molecule has 0 saturated heterocycles. The van der Waals surface area contributed by atoms with Gasteiger partial charge in [-0.1, -0.05) is 42.5 Å². The van der Waals surface area contributed by atoms with Gasteiger partial charge < -0.3 is 10.1 Å². The molecule has 0 spiro atoms. The third-order valence-electron chi connectivity index (χ3n) is 4.38. The third kappa shape index (κ3) is 6.14. The summed E-state index contributed by atoms with van der Waals surface area (Å²) in [6.45, 7) is 6.51. The van der Waals surface area contributed by atoms with Crippen molar-refractivity contribution >= 4 is 5.91 Å². The first kappa shape index (κ1) is 20.5. The molecule has 3 aromatic rings. The second kappa shape index (κ2) is 9.82. The highest BCUT2D eigenvalue weighted by atomic mass is 16.5. The molecule has 0 aliphatic rings. The van der Waals surface area contributed by atoms with Gasteiger partial charge in [-0.05, 0) is 50.1 Å². The van der Waals surface area contributed by atoms with E-state index in [2.05, 4.69) is 20.7 Å². The number of amides is 1. The van der Waals surface area contributed by atoms with E-state index in [1.54, 1.807) is 0 Å². The van der Waals surface area contributed by atoms with Gasteiger partial charge >= 0.3 is 0 Å². The first-order valence-corrected chi connectivity index (χ1v) is 9.90. The van der Waals surface area contributed by atoms with Crippen LogP contribution in [-0.4, -0.2) is 32.2 Å². The van der Waals surface area contributed by atoms with Gasteiger partial charge in [-0.25, -0.2) is 0 Å². The Morgan fingerprint density at radius 1 is 1.07 bits per heavy atom. The van der Waals surface area contributed by atoms with Crippen LogP contribution in [-0.2, 0) is 11.3 Å². The number of tetrazole rings is 1. The van der Waals surface area contributed by atoms with Crippen LogP contribution in [0.3, 0.4) is 0 Å². The summed E-state index contributed by atoms with van der Waals surface area (Å²) in [5, 5.41) is 15.5. The van der Waals surface area contributed by atoms with Gasteiger partial charge in [0.05, 0.1) is 18.7 Å². The quantitative estimate of drug-likeness (QED) is 0.598. The summed E-state index contributed by atoms with van der Waals surface area (Å²) < 4.78 is 5.65. The van der Waals surface area contributed by atoms with Crippen molar-refractivity contribution in [2.24, 2.45) is 0 Å². The molecule has 7 nitrogen and oxygen atoms in total. The summed E-state index contributed by atoms with van der Waals surface area (Å²) >= 11 is 0. The maximum Gasteiger partial charge on any atom is 0.220 e.